The highest BCUT2D eigenvalue weighted by atomic mass is 16.5. The van der Waals surface area contributed by atoms with E-state index in [1.807, 2.05) is 18.2 Å². The van der Waals surface area contributed by atoms with E-state index in [4.69, 9.17) is 14.6 Å². The summed E-state index contributed by atoms with van der Waals surface area (Å²) in [5.41, 5.74) is 1.10. The van der Waals surface area contributed by atoms with Crippen molar-refractivity contribution in [3.05, 3.63) is 23.8 Å². The number of aliphatic hydroxyl groups excluding tert-OH is 1. The molecule has 0 unspecified atom stereocenters. The lowest BCUT2D eigenvalue weighted by atomic mass is 9.83. The molecule has 0 aliphatic carbocycles. The van der Waals surface area contributed by atoms with Crippen LogP contribution in [0.25, 0.3) is 0 Å². The average Bonchev–Trinajstić information content (AvgIpc) is 2.42. The first kappa shape index (κ1) is 15.8. The summed E-state index contributed by atoms with van der Waals surface area (Å²) in [6, 6.07) is 5.91. The first-order chi connectivity index (χ1) is 9.05. The quantitative estimate of drug-likeness (QED) is 0.707. The summed E-state index contributed by atoms with van der Waals surface area (Å²) in [5, 5.41) is 12.1. The van der Waals surface area contributed by atoms with Crippen molar-refractivity contribution in [3.8, 4) is 11.5 Å². The summed E-state index contributed by atoms with van der Waals surface area (Å²) in [5.74, 6) is 1.64. The molecule has 0 aliphatic rings. The van der Waals surface area contributed by atoms with Crippen molar-refractivity contribution in [3.63, 3.8) is 0 Å². The molecule has 1 rings (SSSR count). The normalized spacial score (nSPS) is 11.4. The van der Waals surface area contributed by atoms with Crippen LogP contribution in [0.5, 0.6) is 11.5 Å². The van der Waals surface area contributed by atoms with Crippen LogP contribution < -0.4 is 14.8 Å². The van der Waals surface area contributed by atoms with Crippen LogP contribution in [0.4, 0.5) is 0 Å². The number of methoxy groups -OCH3 is 2. The Hall–Kier alpha value is -1.26. The van der Waals surface area contributed by atoms with Gasteiger partial charge in [-0.25, -0.2) is 0 Å². The van der Waals surface area contributed by atoms with E-state index in [1.54, 1.807) is 14.2 Å². The van der Waals surface area contributed by atoms with E-state index in [2.05, 4.69) is 19.2 Å². The highest BCUT2D eigenvalue weighted by Gasteiger charge is 2.24. The topological polar surface area (TPSA) is 50.7 Å². The molecule has 108 valence electrons. The first-order valence-electron chi connectivity index (χ1n) is 6.59. The van der Waals surface area contributed by atoms with Crippen molar-refractivity contribution in [2.24, 2.45) is 0 Å². The minimum atomic E-state index is -0.0485. The number of rotatable bonds is 8. The fraction of sp³-hybridized carbons (Fsp3) is 0.600. The maximum atomic E-state index is 8.78. The molecule has 0 saturated carbocycles. The predicted molar refractivity (Wildman–Crippen MR) is 77.1 cm³/mol. The molecule has 2 N–H and O–H groups in total. The van der Waals surface area contributed by atoms with Gasteiger partial charge in [0.05, 0.1) is 14.2 Å². The zero-order valence-electron chi connectivity index (χ0n) is 12.3. The second-order valence-corrected chi connectivity index (χ2v) is 5.20. The van der Waals surface area contributed by atoms with Crippen LogP contribution in [-0.4, -0.2) is 39.0 Å². The smallest absolute Gasteiger partial charge is 0.126 e. The second kappa shape index (κ2) is 7.36. The van der Waals surface area contributed by atoms with Gasteiger partial charge in [0, 0.05) is 30.2 Å². The van der Waals surface area contributed by atoms with Crippen LogP contribution in [0, 0.1) is 0 Å². The zero-order valence-corrected chi connectivity index (χ0v) is 12.3. The third kappa shape index (κ3) is 4.40. The molecule has 0 bridgehead atoms. The molecule has 0 saturated heterocycles. The van der Waals surface area contributed by atoms with E-state index < -0.39 is 0 Å². The van der Waals surface area contributed by atoms with Crippen LogP contribution in [0.1, 0.15) is 25.8 Å². The van der Waals surface area contributed by atoms with Crippen molar-refractivity contribution in [2.45, 2.75) is 25.7 Å². The van der Waals surface area contributed by atoms with Gasteiger partial charge < -0.3 is 19.9 Å². The third-order valence-electron chi connectivity index (χ3n) is 3.22. The molecule has 1 aromatic rings. The van der Waals surface area contributed by atoms with E-state index in [9.17, 15) is 0 Å². The minimum absolute atomic E-state index is 0.0485. The monoisotopic (exact) mass is 267 g/mol. The van der Waals surface area contributed by atoms with Gasteiger partial charge in [0.2, 0.25) is 0 Å². The van der Waals surface area contributed by atoms with E-state index in [0.29, 0.717) is 0 Å². The Labute approximate surface area is 115 Å². The molecule has 0 spiro atoms. The lowest BCUT2D eigenvalue weighted by Gasteiger charge is -2.28. The molecule has 1 aromatic carbocycles. The van der Waals surface area contributed by atoms with Crippen molar-refractivity contribution in [1.29, 1.82) is 0 Å². The predicted octanol–water partition coefficient (Wildman–Crippen LogP) is 1.95. The van der Waals surface area contributed by atoms with Gasteiger partial charge in [-0.3, -0.25) is 0 Å². The molecule has 4 heteroatoms. The van der Waals surface area contributed by atoms with Gasteiger partial charge in [-0.15, -0.1) is 0 Å². The highest BCUT2D eigenvalue weighted by molar-refractivity contribution is 5.44. The first-order valence-corrected chi connectivity index (χ1v) is 6.59. The number of benzene rings is 1. The lowest BCUT2D eigenvalue weighted by molar-refractivity contribution is 0.283. The van der Waals surface area contributed by atoms with E-state index in [0.717, 1.165) is 36.6 Å². The molecular weight excluding hydrogens is 242 g/mol. The molecule has 0 radical (unpaired) electrons. The number of aliphatic hydroxyl groups is 1. The van der Waals surface area contributed by atoms with E-state index >= 15 is 0 Å². The molecule has 0 aliphatic heterocycles. The molecule has 0 fully saturated rings. The molecule has 0 heterocycles. The Morgan fingerprint density at radius 2 is 1.95 bits per heavy atom. The van der Waals surface area contributed by atoms with E-state index in [-0.39, 0.29) is 12.0 Å². The zero-order chi connectivity index (χ0) is 14.3. The fourth-order valence-electron chi connectivity index (χ4n) is 2.06. The SMILES string of the molecule is COc1ccc(C(C)(C)CNCCCO)c(OC)c1. The van der Waals surface area contributed by atoms with Gasteiger partial charge in [-0.2, -0.15) is 0 Å². The molecule has 0 amide bonds. The Morgan fingerprint density at radius 3 is 2.53 bits per heavy atom. The number of nitrogens with one attached hydrogen (secondary N) is 1. The average molecular weight is 267 g/mol. The molecule has 19 heavy (non-hydrogen) atoms. The summed E-state index contributed by atoms with van der Waals surface area (Å²) in [7, 11) is 3.32. The van der Waals surface area contributed by atoms with Crippen molar-refractivity contribution < 1.29 is 14.6 Å². The van der Waals surface area contributed by atoms with Gasteiger partial charge in [0.15, 0.2) is 0 Å². The van der Waals surface area contributed by atoms with Crippen molar-refractivity contribution in [1.82, 2.24) is 5.32 Å². The Morgan fingerprint density at radius 1 is 1.21 bits per heavy atom. The van der Waals surface area contributed by atoms with Gasteiger partial charge in [0.25, 0.3) is 0 Å². The lowest BCUT2D eigenvalue weighted by Crippen LogP contribution is -2.34. The summed E-state index contributed by atoms with van der Waals surface area (Å²) >= 11 is 0. The standard InChI is InChI=1S/C15H25NO3/c1-15(2,11-16-8-5-9-17)13-7-6-12(18-3)10-14(13)19-4/h6-7,10,16-17H,5,8-9,11H2,1-4H3. The van der Waals surface area contributed by atoms with Gasteiger partial charge in [0.1, 0.15) is 11.5 Å². The molecular formula is C15H25NO3. The van der Waals surface area contributed by atoms with Crippen molar-refractivity contribution in [2.75, 3.05) is 33.9 Å². The fourth-order valence-corrected chi connectivity index (χ4v) is 2.06. The summed E-state index contributed by atoms with van der Waals surface area (Å²) in [4.78, 5) is 0. The summed E-state index contributed by atoms with van der Waals surface area (Å²) in [6.45, 7) is 6.21. The molecule has 0 atom stereocenters. The summed E-state index contributed by atoms with van der Waals surface area (Å²) < 4.78 is 10.7. The highest BCUT2D eigenvalue weighted by Crippen LogP contribution is 2.33. The largest absolute Gasteiger partial charge is 0.497 e. The Bertz CT molecular complexity index is 391. The Kier molecular flexibility index (Phi) is 6.12. The van der Waals surface area contributed by atoms with Crippen LogP contribution in [-0.2, 0) is 5.41 Å². The maximum absolute atomic E-state index is 8.78. The molecule has 0 aromatic heterocycles. The maximum Gasteiger partial charge on any atom is 0.126 e. The van der Waals surface area contributed by atoms with Crippen molar-refractivity contribution >= 4 is 0 Å². The third-order valence-corrected chi connectivity index (χ3v) is 3.22. The second-order valence-electron chi connectivity index (χ2n) is 5.20. The Balaban J connectivity index is 2.81. The van der Waals surface area contributed by atoms with Crippen LogP contribution >= 0.6 is 0 Å². The number of hydrogen-bond donors (Lipinski definition) is 2. The number of ether oxygens (including phenoxy) is 2. The van der Waals surface area contributed by atoms with Gasteiger partial charge >= 0.3 is 0 Å². The summed E-state index contributed by atoms with van der Waals surface area (Å²) in [6.07, 6.45) is 0.774. The number of hydrogen-bond acceptors (Lipinski definition) is 4. The van der Waals surface area contributed by atoms with Crippen LogP contribution in [0.2, 0.25) is 0 Å². The van der Waals surface area contributed by atoms with Gasteiger partial charge in [-0.05, 0) is 19.0 Å². The van der Waals surface area contributed by atoms with E-state index in [1.165, 1.54) is 0 Å². The molecule has 4 nitrogen and oxygen atoms in total. The van der Waals surface area contributed by atoms with Crippen LogP contribution in [0.15, 0.2) is 18.2 Å². The van der Waals surface area contributed by atoms with Crippen LogP contribution in [0.3, 0.4) is 0 Å². The minimum Gasteiger partial charge on any atom is -0.497 e. The van der Waals surface area contributed by atoms with Gasteiger partial charge in [-0.1, -0.05) is 19.9 Å².